The Morgan fingerprint density at radius 1 is 1.25 bits per heavy atom. The first-order valence-corrected chi connectivity index (χ1v) is 6.73. The second-order valence-electron chi connectivity index (χ2n) is 5.51. The molecule has 2 aromatic heterocycles. The van der Waals surface area contributed by atoms with Crippen LogP contribution < -0.4 is 5.32 Å². The normalized spacial score (nSPS) is 14.5. The van der Waals surface area contributed by atoms with Crippen molar-refractivity contribution in [1.82, 2.24) is 10.5 Å². The number of aryl methyl sites for hydroxylation is 4. The van der Waals surface area contributed by atoms with Gasteiger partial charge in [0.25, 0.3) is 0 Å². The third-order valence-electron chi connectivity index (χ3n) is 3.57. The van der Waals surface area contributed by atoms with Gasteiger partial charge in [-0.25, -0.2) is 0 Å². The number of nitrogens with one attached hydrogen (secondary N) is 1. The van der Waals surface area contributed by atoms with Crippen molar-refractivity contribution >= 4 is 0 Å². The van der Waals surface area contributed by atoms with Crippen molar-refractivity contribution in [1.29, 1.82) is 0 Å². The van der Waals surface area contributed by atoms with Gasteiger partial charge in [-0.1, -0.05) is 5.16 Å². The quantitative estimate of drug-likeness (QED) is 0.879. The smallest absolute Gasteiger partial charge is 0.138 e. The van der Waals surface area contributed by atoms with Crippen LogP contribution in [0.25, 0.3) is 0 Å². The summed E-state index contributed by atoms with van der Waals surface area (Å²) >= 11 is 0. The Morgan fingerprint density at radius 2 is 1.95 bits per heavy atom. The maximum absolute atomic E-state index is 10.6. The molecule has 0 amide bonds. The van der Waals surface area contributed by atoms with Gasteiger partial charge in [0.1, 0.15) is 22.9 Å². The molecule has 0 saturated heterocycles. The average molecular weight is 278 g/mol. The molecule has 0 aliphatic carbocycles. The lowest BCUT2D eigenvalue weighted by Crippen LogP contribution is -2.35. The molecule has 0 fully saturated rings. The van der Waals surface area contributed by atoms with Crippen LogP contribution in [0.4, 0.5) is 0 Å². The zero-order chi connectivity index (χ0) is 14.9. The first kappa shape index (κ1) is 14.8. The molecule has 0 bridgehead atoms. The Morgan fingerprint density at radius 3 is 2.45 bits per heavy atom. The average Bonchev–Trinajstić information content (AvgIpc) is 2.85. The van der Waals surface area contributed by atoms with E-state index in [9.17, 15) is 5.11 Å². The SMILES string of the molecule is Cc1cc(C(C)(O)CNCc2c(C)noc2C)c(C)o1. The van der Waals surface area contributed by atoms with Gasteiger partial charge >= 0.3 is 0 Å². The molecular weight excluding hydrogens is 256 g/mol. The Balaban J connectivity index is 2.01. The van der Waals surface area contributed by atoms with E-state index in [-0.39, 0.29) is 0 Å². The molecule has 2 N–H and O–H groups in total. The van der Waals surface area contributed by atoms with Crippen LogP contribution >= 0.6 is 0 Å². The van der Waals surface area contributed by atoms with E-state index >= 15 is 0 Å². The number of nitrogens with zero attached hydrogens (tertiary/aromatic N) is 1. The second-order valence-corrected chi connectivity index (χ2v) is 5.51. The molecule has 110 valence electrons. The van der Waals surface area contributed by atoms with E-state index in [0.717, 1.165) is 34.1 Å². The highest BCUT2D eigenvalue weighted by molar-refractivity contribution is 5.27. The van der Waals surface area contributed by atoms with Crippen molar-refractivity contribution < 1.29 is 14.0 Å². The molecule has 20 heavy (non-hydrogen) atoms. The van der Waals surface area contributed by atoms with Crippen LogP contribution in [0.15, 0.2) is 15.0 Å². The minimum absolute atomic E-state index is 0.427. The largest absolute Gasteiger partial charge is 0.466 e. The highest BCUT2D eigenvalue weighted by Crippen LogP contribution is 2.26. The summed E-state index contributed by atoms with van der Waals surface area (Å²) in [5.74, 6) is 2.38. The molecule has 2 aromatic rings. The fourth-order valence-electron chi connectivity index (χ4n) is 2.45. The molecule has 1 atom stereocenters. The van der Waals surface area contributed by atoms with Gasteiger partial charge < -0.3 is 19.4 Å². The van der Waals surface area contributed by atoms with E-state index in [1.54, 1.807) is 6.92 Å². The molecule has 0 aromatic carbocycles. The Bertz CT molecular complexity index is 577. The van der Waals surface area contributed by atoms with E-state index in [4.69, 9.17) is 8.94 Å². The van der Waals surface area contributed by atoms with E-state index in [2.05, 4.69) is 10.5 Å². The third-order valence-corrected chi connectivity index (χ3v) is 3.57. The molecule has 0 aliphatic heterocycles. The fourth-order valence-corrected chi connectivity index (χ4v) is 2.45. The molecule has 0 radical (unpaired) electrons. The topological polar surface area (TPSA) is 71.4 Å². The molecule has 0 saturated carbocycles. The summed E-state index contributed by atoms with van der Waals surface area (Å²) in [6, 6.07) is 1.88. The predicted molar refractivity (Wildman–Crippen MR) is 75.4 cm³/mol. The first-order chi connectivity index (χ1) is 9.31. The molecule has 2 rings (SSSR count). The summed E-state index contributed by atoms with van der Waals surface area (Å²) < 4.78 is 10.6. The van der Waals surface area contributed by atoms with Gasteiger partial charge in [0, 0.05) is 24.2 Å². The summed E-state index contributed by atoms with van der Waals surface area (Å²) in [6.07, 6.45) is 0. The van der Waals surface area contributed by atoms with E-state index in [1.165, 1.54) is 0 Å². The number of hydrogen-bond acceptors (Lipinski definition) is 5. The van der Waals surface area contributed by atoms with Crippen LogP contribution in [0, 0.1) is 27.7 Å². The van der Waals surface area contributed by atoms with E-state index in [1.807, 2.05) is 33.8 Å². The predicted octanol–water partition coefficient (Wildman–Crippen LogP) is 2.50. The maximum atomic E-state index is 10.6. The van der Waals surface area contributed by atoms with Gasteiger partial charge in [0.15, 0.2) is 0 Å². The second kappa shape index (κ2) is 5.42. The van der Waals surface area contributed by atoms with E-state index < -0.39 is 5.60 Å². The van der Waals surface area contributed by atoms with Crippen LogP contribution in [0.3, 0.4) is 0 Å². The number of hydrogen-bond donors (Lipinski definition) is 2. The minimum Gasteiger partial charge on any atom is -0.466 e. The van der Waals surface area contributed by atoms with Gasteiger partial charge in [0.2, 0.25) is 0 Å². The summed E-state index contributed by atoms with van der Waals surface area (Å²) in [5, 5.41) is 17.8. The monoisotopic (exact) mass is 278 g/mol. The number of furan rings is 1. The van der Waals surface area contributed by atoms with Gasteiger partial charge in [-0.3, -0.25) is 0 Å². The molecule has 0 aliphatic rings. The van der Waals surface area contributed by atoms with Crippen LogP contribution in [0.1, 0.15) is 41.0 Å². The van der Waals surface area contributed by atoms with Crippen molar-refractivity contribution in [2.24, 2.45) is 0 Å². The minimum atomic E-state index is -0.971. The Kier molecular flexibility index (Phi) is 4.01. The molecule has 5 heteroatoms. The molecule has 5 nitrogen and oxygen atoms in total. The zero-order valence-electron chi connectivity index (χ0n) is 12.7. The van der Waals surface area contributed by atoms with Crippen LogP contribution in [-0.2, 0) is 12.1 Å². The van der Waals surface area contributed by atoms with Crippen molar-refractivity contribution in [3.63, 3.8) is 0 Å². The fraction of sp³-hybridized carbons (Fsp3) is 0.533. The molecule has 2 heterocycles. The summed E-state index contributed by atoms with van der Waals surface area (Å²) in [5.41, 5.74) is 1.77. The number of aliphatic hydroxyl groups is 1. The van der Waals surface area contributed by atoms with Gasteiger partial charge in [-0.15, -0.1) is 0 Å². The lowest BCUT2D eigenvalue weighted by atomic mass is 9.96. The van der Waals surface area contributed by atoms with Crippen molar-refractivity contribution in [3.8, 4) is 0 Å². The van der Waals surface area contributed by atoms with Crippen LogP contribution in [-0.4, -0.2) is 16.8 Å². The summed E-state index contributed by atoms with van der Waals surface area (Å²) in [6.45, 7) is 10.4. The standard InChI is InChI=1S/C15H22N2O3/c1-9-6-14(12(4)19-9)15(5,18)8-16-7-13-10(2)17-20-11(13)3/h6,16,18H,7-8H2,1-5H3. The van der Waals surface area contributed by atoms with Crippen LogP contribution in [0.5, 0.6) is 0 Å². The highest BCUT2D eigenvalue weighted by atomic mass is 16.5. The highest BCUT2D eigenvalue weighted by Gasteiger charge is 2.27. The van der Waals surface area contributed by atoms with Crippen LogP contribution in [0.2, 0.25) is 0 Å². The van der Waals surface area contributed by atoms with Crippen molar-refractivity contribution in [2.45, 2.75) is 46.8 Å². The van der Waals surface area contributed by atoms with Gasteiger partial charge in [-0.05, 0) is 40.7 Å². The molecular formula is C15H22N2O3. The lowest BCUT2D eigenvalue weighted by molar-refractivity contribution is 0.0551. The maximum Gasteiger partial charge on any atom is 0.138 e. The third kappa shape index (κ3) is 2.94. The molecule has 0 spiro atoms. The van der Waals surface area contributed by atoms with Crippen molar-refractivity contribution in [3.05, 3.63) is 40.2 Å². The van der Waals surface area contributed by atoms with Gasteiger partial charge in [0.05, 0.1) is 5.69 Å². The number of aromatic nitrogens is 1. The van der Waals surface area contributed by atoms with Crippen molar-refractivity contribution in [2.75, 3.05) is 6.54 Å². The molecule has 1 unspecified atom stereocenters. The zero-order valence-corrected chi connectivity index (χ0v) is 12.7. The summed E-state index contributed by atoms with van der Waals surface area (Å²) in [4.78, 5) is 0. The lowest BCUT2D eigenvalue weighted by Gasteiger charge is -2.23. The van der Waals surface area contributed by atoms with E-state index in [0.29, 0.717) is 13.1 Å². The first-order valence-electron chi connectivity index (χ1n) is 6.73. The Labute approximate surface area is 119 Å². The number of rotatable bonds is 5. The summed E-state index contributed by atoms with van der Waals surface area (Å²) in [7, 11) is 0. The van der Waals surface area contributed by atoms with Gasteiger partial charge in [-0.2, -0.15) is 0 Å². The Hall–Kier alpha value is -1.59.